The molecule has 29 heavy (non-hydrogen) atoms. The van der Waals surface area contributed by atoms with Gasteiger partial charge in [0.25, 0.3) is 0 Å². The van der Waals surface area contributed by atoms with Gasteiger partial charge in [0.2, 0.25) is 15.9 Å². The van der Waals surface area contributed by atoms with Crippen molar-refractivity contribution in [3.63, 3.8) is 0 Å². The molecule has 2 aliphatic heterocycles. The summed E-state index contributed by atoms with van der Waals surface area (Å²) in [5, 5.41) is 0. The van der Waals surface area contributed by atoms with E-state index in [-0.39, 0.29) is 30.4 Å². The molecule has 0 aromatic heterocycles. The van der Waals surface area contributed by atoms with E-state index in [0.717, 1.165) is 38.1 Å². The Balaban J connectivity index is 1.58. The van der Waals surface area contributed by atoms with Crippen LogP contribution in [0, 0.1) is 5.92 Å². The van der Waals surface area contributed by atoms with Gasteiger partial charge in [-0.3, -0.25) is 9.69 Å². The summed E-state index contributed by atoms with van der Waals surface area (Å²) in [5.41, 5.74) is -0.987. The number of piperidine rings is 1. The highest BCUT2D eigenvalue weighted by molar-refractivity contribution is 7.89. The van der Waals surface area contributed by atoms with Gasteiger partial charge in [0.05, 0.1) is 17.0 Å². The van der Waals surface area contributed by atoms with E-state index in [2.05, 4.69) is 6.92 Å². The van der Waals surface area contributed by atoms with Crippen LogP contribution >= 0.6 is 0 Å². The highest BCUT2D eigenvalue weighted by Crippen LogP contribution is 2.31. The molecule has 2 fully saturated rings. The molecule has 0 unspecified atom stereocenters. The standard InChI is InChI=1S/C19H26F3N3O3S/c1-15-5-7-24(8-6-15)18(26)14-23-9-11-25(12-10-23)29(27,28)17-4-2-3-16(13-17)19(20,21)22/h2-4,13,15H,5-12,14H2,1H3. The van der Waals surface area contributed by atoms with Crippen LogP contribution in [0.25, 0.3) is 0 Å². The molecular weight excluding hydrogens is 407 g/mol. The van der Waals surface area contributed by atoms with Gasteiger partial charge in [-0.2, -0.15) is 17.5 Å². The average Bonchev–Trinajstić information content (AvgIpc) is 2.68. The molecule has 0 saturated carbocycles. The van der Waals surface area contributed by atoms with Gasteiger partial charge in [-0.15, -0.1) is 0 Å². The molecule has 10 heteroatoms. The van der Waals surface area contributed by atoms with Gasteiger partial charge in [-0.05, 0) is 37.0 Å². The second-order valence-corrected chi connectivity index (χ2v) is 9.71. The van der Waals surface area contributed by atoms with Crippen molar-refractivity contribution in [1.29, 1.82) is 0 Å². The van der Waals surface area contributed by atoms with Gasteiger partial charge in [0.1, 0.15) is 0 Å². The van der Waals surface area contributed by atoms with Crippen molar-refractivity contribution in [3.05, 3.63) is 29.8 Å². The van der Waals surface area contributed by atoms with Crippen LogP contribution in [-0.4, -0.2) is 74.2 Å². The summed E-state index contributed by atoms with van der Waals surface area (Å²) in [4.78, 5) is 15.8. The number of likely N-dealkylation sites (tertiary alicyclic amines) is 1. The predicted molar refractivity (Wildman–Crippen MR) is 102 cm³/mol. The summed E-state index contributed by atoms with van der Waals surface area (Å²) >= 11 is 0. The zero-order chi connectivity index (χ0) is 21.2. The van der Waals surface area contributed by atoms with Crippen LogP contribution in [0.2, 0.25) is 0 Å². The molecule has 162 valence electrons. The van der Waals surface area contributed by atoms with E-state index >= 15 is 0 Å². The number of sulfonamides is 1. The molecule has 2 saturated heterocycles. The molecule has 2 heterocycles. The lowest BCUT2D eigenvalue weighted by molar-refractivity contribution is -0.137. The van der Waals surface area contributed by atoms with Crippen molar-refractivity contribution >= 4 is 15.9 Å². The number of halogens is 3. The number of carbonyl (C=O) groups is 1. The fraction of sp³-hybridized carbons (Fsp3) is 0.632. The maximum atomic E-state index is 12.9. The van der Waals surface area contributed by atoms with Crippen molar-refractivity contribution in [2.45, 2.75) is 30.8 Å². The maximum Gasteiger partial charge on any atom is 0.416 e. The van der Waals surface area contributed by atoms with E-state index in [1.165, 1.54) is 10.4 Å². The molecule has 1 amide bonds. The highest BCUT2D eigenvalue weighted by Gasteiger charge is 2.34. The first kappa shape index (κ1) is 22.0. The molecule has 3 rings (SSSR count). The molecule has 6 nitrogen and oxygen atoms in total. The molecule has 1 aromatic carbocycles. The molecule has 1 aromatic rings. The van der Waals surface area contributed by atoms with Crippen LogP contribution in [0.1, 0.15) is 25.3 Å². The fourth-order valence-corrected chi connectivity index (χ4v) is 5.13. The molecule has 0 spiro atoms. The smallest absolute Gasteiger partial charge is 0.342 e. The van der Waals surface area contributed by atoms with Crippen LogP contribution in [0.4, 0.5) is 13.2 Å². The quantitative estimate of drug-likeness (QED) is 0.731. The summed E-state index contributed by atoms with van der Waals surface area (Å²) < 4.78 is 65.3. The molecule has 0 N–H and O–H groups in total. The van der Waals surface area contributed by atoms with E-state index in [4.69, 9.17) is 0 Å². The van der Waals surface area contributed by atoms with Crippen LogP contribution in [0.15, 0.2) is 29.2 Å². The topological polar surface area (TPSA) is 60.9 Å². The Morgan fingerprint density at radius 3 is 2.28 bits per heavy atom. The maximum absolute atomic E-state index is 12.9. The predicted octanol–water partition coefficient (Wildman–Crippen LogP) is 2.27. The Labute approximate surface area is 169 Å². The summed E-state index contributed by atoms with van der Waals surface area (Å²) in [7, 11) is -4.01. The number of nitrogens with zero attached hydrogens (tertiary/aromatic N) is 3. The zero-order valence-corrected chi connectivity index (χ0v) is 17.2. The molecule has 0 aliphatic carbocycles. The molecule has 2 aliphatic rings. The number of rotatable bonds is 4. The Kier molecular flexibility index (Phi) is 6.54. The Morgan fingerprint density at radius 1 is 1.07 bits per heavy atom. The summed E-state index contributed by atoms with van der Waals surface area (Å²) in [5.74, 6) is 0.676. The van der Waals surface area contributed by atoms with E-state index in [1.807, 2.05) is 9.80 Å². The Morgan fingerprint density at radius 2 is 1.69 bits per heavy atom. The van der Waals surface area contributed by atoms with E-state index in [0.29, 0.717) is 25.1 Å². The number of amides is 1. The first-order chi connectivity index (χ1) is 13.6. The van der Waals surface area contributed by atoms with E-state index in [1.54, 1.807) is 0 Å². The van der Waals surface area contributed by atoms with Crippen molar-refractivity contribution in [3.8, 4) is 0 Å². The number of benzene rings is 1. The Bertz CT molecular complexity index is 829. The zero-order valence-electron chi connectivity index (χ0n) is 16.4. The summed E-state index contributed by atoms with van der Waals surface area (Å²) in [6, 6.07) is 3.80. The van der Waals surface area contributed by atoms with Gasteiger partial charge in [-0.25, -0.2) is 8.42 Å². The van der Waals surface area contributed by atoms with Gasteiger partial charge in [0, 0.05) is 39.3 Å². The molecule has 0 atom stereocenters. The second kappa shape index (κ2) is 8.61. The van der Waals surface area contributed by atoms with Crippen molar-refractivity contribution < 1.29 is 26.4 Å². The molecule has 0 bridgehead atoms. The lowest BCUT2D eigenvalue weighted by atomic mass is 9.99. The third-order valence-electron chi connectivity index (χ3n) is 5.63. The van der Waals surface area contributed by atoms with Gasteiger partial charge in [-0.1, -0.05) is 13.0 Å². The minimum absolute atomic E-state index is 0.0473. The SMILES string of the molecule is CC1CCN(C(=O)CN2CCN(S(=O)(=O)c3cccc(C(F)(F)F)c3)CC2)CC1. The lowest BCUT2D eigenvalue weighted by Gasteiger charge is -2.36. The summed E-state index contributed by atoms with van der Waals surface area (Å²) in [6.07, 6.45) is -2.61. The molecular formula is C19H26F3N3O3S. The number of piperazine rings is 1. The molecule has 0 radical (unpaired) electrons. The normalized spacial score (nSPS) is 20.8. The van der Waals surface area contributed by atoms with Gasteiger partial charge in [0.15, 0.2) is 0 Å². The first-order valence-electron chi connectivity index (χ1n) is 9.75. The first-order valence-corrected chi connectivity index (χ1v) is 11.2. The number of alkyl halides is 3. The fourth-order valence-electron chi connectivity index (χ4n) is 3.66. The third-order valence-corrected chi connectivity index (χ3v) is 7.52. The van der Waals surface area contributed by atoms with Gasteiger partial charge >= 0.3 is 6.18 Å². The third kappa shape index (κ3) is 5.29. The highest BCUT2D eigenvalue weighted by atomic mass is 32.2. The Hall–Kier alpha value is -1.65. The second-order valence-electron chi connectivity index (χ2n) is 7.77. The van der Waals surface area contributed by atoms with Gasteiger partial charge < -0.3 is 4.90 Å². The summed E-state index contributed by atoms with van der Waals surface area (Å²) in [6.45, 7) is 4.94. The van der Waals surface area contributed by atoms with Crippen LogP contribution < -0.4 is 0 Å². The van der Waals surface area contributed by atoms with E-state index < -0.39 is 21.8 Å². The lowest BCUT2D eigenvalue weighted by Crippen LogP contribution is -2.52. The van der Waals surface area contributed by atoms with Crippen LogP contribution in [-0.2, 0) is 21.0 Å². The number of hydrogen-bond acceptors (Lipinski definition) is 4. The van der Waals surface area contributed by atoms with Crippen LogP contribution in [0.3, 0.4) is 0 Å². The minimum Gasteiger partial charge on any atom is -0.342 e. The largest absolute Gasteiger partial charge is 0.416 e. The van der Waals surface area contributed by atoms with Crippen molar-refractivity contribution in [2.24, 2.45) is 5.92 Å². The van der Waals surface area contributed by atoms with Crippen molar-refractivity contribution in [1.82, 2.24) is 14.1 Å². The monoisotopic (exact) mass is 433 g/mol. The number of hydrogen-bond donors (Lipinski definition) is 0. The average molecular weight is 433 g/mol. The number of carbonyl (C=O) groups excluding carboxylic acids is 1. The van der Waals surface area contributed by atoms with Crippen LogP contribution in [0.5, 0.6) is 0 Å². The van der Waals surface area contributed by atoms with E-state index in [9.17, 15) is 26.4 Å². The van der Waals surface area contributed by atoms with Crippen molar-refractivity contribution in [2.75, 3.05) is 45.8 Å². The minimum atomic E-state index is -4.60.